The van der Waals surface area contributed by atoms with Gasteiger partial charge in [0.25, 0.3) is 0 Å². The highest BCUT2D eigenvalue weighted by Gasteiger charge is 2.11. The second-order valence-electron chi connectivity index (χ2n) is 6.22. The van der Waals surface area contributed by atoms with Crippen LogP contribution in [0.4, 0.5) is 5.69 Å². The van der Waals surface area contributed by atoms with Gasteiger partial charge in [-0.1, -0.05) is 36.4 Å². The van der Waals surface area contributed by atoms with Crippen molar-refractivity contribution in [2.45, 2.75) is 19.6 Å². The predicted octanol–water partition coefficient (Wildman–Crippen LogP) is 3.21. The van der Waals surface area contributed by atoms with E-state index in [1.807, 2.05) is 14.1 Å². The minimum Gasteiger partial charge on any atom is -0.378 e. The summed E-state index contributed by atoms with van der Waals surface area (Å²) in [6.07, 6.45) is 1.10. The first kappa shape index (κ1) is 16.5. The summed E-state index contributed by atoms with van der Waals surface area (Å²) in [6.45, 7) is 3.09. The Morgan fingerprint density at radius 2 is 1.83 bits per heavy atom. The van der Waals surface area contributed by atoms with Gasteiger partial charge in [0.1, 0.15) is 5.84 Å². The van der Waals surface area contributed by atoms with Gasteiger partial charge < -0.3 is 15.0 Å². The molecule has 0 radical (unpaired) electrons. The monoisotopic (exact) mass is 323 g/mol. The van der Waals surface area contributed by atoms with Crippen molar-refractivity contribution in [3.8, 4) is 0 Å². The average molecular weight is 323 g/mol. The molecule has 4 heteroatoms. The zero-order valence-corrected chi connectivity index (χ0v) is 14.5. The molecule has 0 aromatic heterocycles. The largest absolute Gasteiger partial charge is 0.378 e. The first-order valence-corrected chi connectivity index (χ1v) is 8.44. The van der Waals surface area contributed by atoms with Crippen LogP contribution < -0.4 is 10.2 Å². The van der Waals surface area contributed by atoms with Gasteiger partial charge in [-0.05, 0) is 29.7 Å². The Hall–Kier alpha value is -2.33. The molecule has 0 atom stereocenters. The number of nitrogens with zero attached hydrogens (tertiary/aromatic N) is 2. The lowest BCUT2D eigenvalue weighted by atomic mass is 10.1. The van der Waals surface area contributed by atoms with Crippen molar-refractivity contribution in [1.29, 1.82) is 0 Å². The molecule has 0 aliphatic carbocycles. The summed E-state index contributed by atoms with van der Waals surface area (Å²) in [5, 5.41) is 3.39. The van der Waals surface area contributed by atoms with Gasteiger partial charge in [0.05, 0.1) is 13.2 Å². The highest BCUT2D eigenvalue weighted by Crippen LogP contribution is 2.15. The number of anilines is 1. The van der Waals surface area contributed by atoms with Gasteiger partial charge in [0.15, 0.2) is 0 Å². The molecule has 3 rings (SSSR count). The van der Waals surface area contributed by atoms with E-state index in [-0.39, 0.29) is 0 Å². The van der Waals surface area contributed by atoms with E-state index in [0.29, 0.717) is 13.2 Å². The fourth-order valence-electron chi connectivity index (χ4n) is 2.76. The number of ether oxygens (including phenoxy) is 1. The molecule has 0 saturated carbocycles. The van der Waals surface area contributed by atoms with E-state index in [1.165, 1.54) is 16.8 Å². The molecule has 2 aromatic rings. The van der Waals surface area contributed by atoms with Gasteiger partial charge in [-0.3, -0.25) is 4.99 Å². The zero-order valence-electron chi connectivity index (χ0n) is 14.5. The molecule has 126 valence electrons. The molecule has 0 spiro atoms. The molecule has 24 heavy (non-hydrogen) atoms. The summed E-state index contributed by atoms with van der Waals surface area (Å²) in [6, 6.07) is 16.8. The van der Waals surface area contributed by atoms with Crippen LogP contribution in [0, 0.1) is 0 Å². The first-order chi connectivity index (χ1) is 11.7. The molecule has 1 heterocycles. The van der Waals surface area contributed by atoms with Gasteiger partial charge in [-0.25, -0.2) is 0 Å². The summed E-state index contributed by atoms with van der Waals surface area (Å²) in [7, 11) is 4.09. The smallest absolute Gasteiger partial charge is 0.128 e. The Labute approximate surface area is 144 Å². The topological polar surface area (TPSA) is 36.9 Å². The molecule has 1 aliphatic heterocycles. The van der Waals surface area contributed by atoms with E-state index in [4.69, 9.17) is 4.74 Å². The SMILES string of the molecule is CN(C)c1ccc(COCc2ccccc2C2=NCCCN2)cc1. The van der Waals surface area contributed by atoms with Crippen LogP contribution in [-0.4, -0.2) is 33.0 Å². The van der Waals surface area contributed by atoms with Crippen molar-refractivity contribution < 1.29 is 4.74 Å². The van der Waals surface area contributed by atoms with Gasteiger partial charge in [0.2, 0.25) is 0 Å². The second kappa shape index (κ2) is 7.97. The number of hydrogen-bond acceptors (Lipinski definition) is 4. The lowest BCUT2D eigenvalue weighted by molar-refractivity contribution is 0.107. The summed E-state index contributed by atoms with van der Waals surface area (Å²) >= 11 is 0. The third-order valence-corrected chi connectivity index (χ3v) is 4.15. The van der Waals surface area contributed by atoms with Crippen LogP contribution in [0.25, 0.3) is 0 Å². The molecular weight excluding hydrogens is 298 g/mol. The maximum absolute atomic E-state index is 5.94. The van der Waals surface area contributed by atoms with E-state index in [9.17, 15) is 0 Å². The van der Waals surface area contributed by atoms with Gasteiger partial charge in [-0.2, -0.15) is 0 Å². The van der Waals surface area contributed by atoms with Gasteiger partial charge in [-0.15, -0.1) is 0 Å². The zero-order chi connectivity index (χ0) is 16.8. The van der Waals surface area contributed by atoms with Crippen molar-refractivity contribution in [3.63, 3.8) is 0 Å². The molecule has 4 nitrogen and oxygen atoms in total. The highest BCUT2D eigenvalue weighted by atomic mass is 16.5. The maximum Gasteiger partial charge on any atom is 0.128 e. The first-order valence-electron chi connectivity index (χ1n) is 8.44. The molecule has 0 amide bonds. The van der Waals surface area contributed by atoms with Crippen LogP contribution in [0.5, 0.6) is 0 Å². The van der Waals surface area contributed by atoms with E-state index in [2.05, 4.69) is 63.7 Å². The second-order valence-corrected chi connectivity index (χ2v) is 6.22. The Balaban J connectivity index is 1.61. The minimum atomic E-state index is 0.590. The third kappa shape index (κ3) is 4.15. The fraction of sp³-hybridized carbons (Fsp3) is 0.350. The Morgan fingerprint density at radius 3 is 2.54 bits per heavy atom. The molecule has 0 unspecified atom stereocenters. The number of benzene rings is 2. The Morgan fingerprint density at radius 1 is 1.04 bits per heavy atom. The Bertz CT molecular complexity index is 692. The predicted molar refractivity (Wildman–Crippen MR) is 99.7 cm³/mol. The highest BCUT2D eigenvalue weighted by molar-refractivity contribution is 6.00. The van der Waals surface area contributed by atoms with E-state index in [0.717, 1.165) is 30.9 Å². The van der Waals surface area contributed by atoms with Crippen molar-refractivity contribution in [3.05, 3.63) is 65.2 Å². The molecule has 0 bridgehead atoms. The quantitative estimate of drug-likeness (QED) is 0.887. The summed E-state index contributed by atoms with van der Waals surface area (Å²) < 4.78 is 5.94. The lowest BCUT2D eigenvalue weighted by Gasteiger charge is -2.17. The van der Waals surface area contributed by atoms with Crippen molar-refractivity contribution in [1.82, 2.24) is 5.32 Å². The van der Waals surface area contributed by atoms with E-state index in [1.54, 1.807) is 0 Å². The number of rotatable bonds is 6. The van der Waals surface area contributed by atoms with Crippen molar-refractivity contribution in [2.24, 2.45) is 4.99 Å². The van der Waals surface area contributed by atoms with Crippen LogP contribution in [0.15, 0.2) is 53.5 Å². The van der Waals surface area contributed by atoms with Crippen LogP contribution >= 0.6 is 0 Å². The van der Waals surface area contributed by atoms with E-state index < -0.39 is 0 Å². The average Bonchev–Trinajstić information content (AvgIpc) is 2.63. The van der Waals surface area contributed by atoms with Gasteiger partial charge in [0, 0.05) is 38.4 Å². The summed E-state index contributed by atoms with van der Waals surface area (Å²) in [4.78, 5) is 6.69. The summed E-state index contributed by atoms with van der Waals surface area (Å²) in [5.74, 6) is 0.996. The number of hydrogen-bond donors (Lipinski definition) is 1. The maximum atomic E-state index is 5.94. The molecule has 1 N–H and O–H groups in total. The fourth-order valence-corrected chi connectivity index (χ4v) is 2.76. The molecule has 2 aromatic carbocycles. The summed E-state index contributed by atoms with van der Waals surface area (Å²) in [5.41, 5.74) is 4.72. The van der Waals surface area contributed by atoms with Crippen LogP contribution in [0.3, 0.4) is 0 Å². The van der Waals surface area contributed by atoms with Crippen LogP contribution in [-0.2, 0) is 18.0 Å². The number of amidine groups is 1. The normalized spacial score (nSPS) is 14.0. The van der Waals surface area contributed by atoms with Gasteiger partial charge >= 0.3 is 0 Å². The minimum absolute atomic E-state index is 0.590. The van der Waals surface area contributed by atoms with Crippen LogP contribution in [0.1, 0.15) is 23.1 Å². The third-order valence-electron chi connectivity index (χ3n) is 4.15. The van der Waals surface area contributed by atoms with E-state index >= 15 is 0 Å². The molecule has 0 fully saturated rings. The van der Waals surface area contributed by atoms with Crippen LogP contribution in [0.2, 0.25) is 0 Å². The molecule has 1 aliphatic rings. The number of aliphatic imine (C=N–C) groups is 1. The molecular formula is C20H25N3O. The lowest BCUT2D eigenvalue weighted by Crippen LogP contribution is -2.31. The standard InChI is InChI=1S/C20H25N3O/c1-23(2)18-10-8-16(9-11-18)14-24-15-17-6-3-4-7-19(17)20-21-12-5-13-22-20/h3-4,6-11H,5,12-15H2,1-2H3,(H,21,22). The van der Waals surface area contributed by atoms with Crippen molar-refractivity contribution in [2.75, 3.05) is 32.1 Å². The Kier molecular flexibility index (Phi) is 5.49. The van der Waals surface area contributed by atoms with Crippen molar-refractivity contribution >= 4 is 11.5 Å². The number of nitrogens with one attached hydrogen (secondary N) is 1. The molecule has 0 saturated heterocycles.